The van der Waals surface area contributed by atoms with Crippen LogP contribution in [0.1, 0.15) is 36.6 Å². The van der Waals surface area contributed by atoms with Crippen LogP contribution < -0.4 is 10.6 Å². The fourth-order valence-electron chi connectivity index (χ4n) is 8.51. The van der Waals surface area contributed by atoms with Crippen molar-refractivity contribution in [2.75, 3.05) is 10.6 Å². The maximum absolute atomic E-state index is 14.1. The van der Waals surface area contributed by atoms with Crippen molar-refractivity contribution in [2.45, 2.75) is 0 Å². The van der Waals surface area contributed by atoms with E-state index in [9.17, 15) is 24.6 Å². The lowest BCUT2D eigenvalue weighted by atomic mass is 10.00. The molecule has 0 saturated heterocycles. The van der Waals surface area contributed by atoms with Crippen LogP contribution in [0.2, 0.25) is 5.02 Å². The largest absolute Gasteiger partial charge is 0.505 e. The van der Waals surface area contributed by atoms with Gasteiger partial charge in [-0.1, -0.05) is 109 Å². The normalized spacial score (nSPS) is 12.2. The Balaban J connectivity index is 0.924. The summed E-state index contributed by atoms with van der Waals surface area (Å²) in [5.74, 6) is -2.11. The fraction of sp³-hybridized carbons (Fsp3) is 0. The first-order valence-electron chi connectivity index (χ1n) is 20.7. The fourth-order valence-corrected chi connectivity index (χ4v) is 8.69. The van der Waals surface area contributed by atoms with E-state index in [0.717, 1.165) is 21.8 Å². The number of amides is 2. The van der Waals surface area contributed by atoms with Crippen LogP contribution in [0.3, 0.4) is 0 Å². The van der Waals surface area contributed by atoms with E-state index in [1.165, 1.54) is 0 Å². The van der Waals surface area contributed by atoms with E-state index in [2.05, 4.69) is 36.1 Å². The van der Waals surface area contributed by atoms with Crippen LogP contribution in [0.25, 0.3) is 54.5 Å². The molecule has 0 bridgehead atoms. The number of phenols is 2. The van der Waals surface area contributed by atoms with E-state index in [0.29, 0.717) is 71.6 Å². The zero-order valence-corrected chi connectivity index (χ0v) is 35.1. The van der Waals surface area contributed by atoms with Gasteiger partial charge in [-0.3, -0.25) is 14.4 Å². The number of aromatic hydroxyl groups is 2. The summed E-state index contributed by atoms with van der Waals surface area (Å²) in [6, 6.07) is 48.1. The van der Waals surface area contributed by atoms with E-state index in [-0.39, 0.29) is 39.8 Å². The number of H-pyrrole nitrogens is 1. The molecule has 66 heavy (non-hydrogen) atoms. The van der Waals surface area contributed by atoms with Crippen molar-refractivity contribution in [3.63, 3.8) is 0 Å². The van der Waals surface area contributed by atoms with Crippen LogP contribution in [0.15, 0.2) is 184 Å². The number of rotatable bonds is 8. The number of aromatic amines is 1. The number of aromatic nitrogens is 1. The molecule has 11 rings (SSSR count). The number of phenolic OH excluding ortho intramolecular Hbond substituents is 2. The number of carbonyl (C=O) groups is 3. The lowest BCUT2D eigenvalue weighted by Crippen LogP contribution is -2.12. The van der Waals surface area contributed by atoms with Gasteiger partial charge in [0.15, 0.2) is 17.3 Å². The number of para-hydroxylation sites is 3. The molecule has 13 heteroatoms. The van der Waals surface area contributed by atoms with Gasteiger partial charge in [-0.15, -0.1) is 10.2 Å². The highest BCUT2D eigenvalue weighted by atomic mass is 35.5. The lowest BCUT2D eigenvalue weighted by molar-refractivity contribution is 0.101. The van der Waals surface area contributed by atoms with Gasteiger partial charge < -0.3 is 25.8 Å². The minimum Gasteiger partial charge on any atom is -0.505 e. The second-order valence-corrected chi connectivity index (χ2v) is 16.1. The van der Waals surface area contributed by atoms with Crippen LogP contribution in [0.4, 0.5) is 34.1 Å². The minimum absolute atomic E-state index is 0.0123. The number of benzene rings is 9. The summed E-state index contributed by atoms with van der Waals surface area (Å²) in [7, 11) is 0. The number of carbonyl (C=O) groups excluding carboxylic acids is 3. The quantitative estimate of drug-likeness (QED) is 0.0951. The van der Waals surface area contributed by atoms with E-state index >= 15 is 0 Å². The van der Waals surface area contributed by atoms with Crippen LogP contribution in [0, 0.1) is 0 Å². The number of azo groups is 2. The average molecular weight is 882 g/mol. The minimum atomic E-state index is -0.584. The van der Waals surface area contributed by atoms with Crippen molar-refractivity contribution in [3.05, 3.63) is 191 Å². The molecule has 2 amide bonds. The molecule has 1 aliphatic rings. The zero-order chi connectivity index (χ0) is 45.1. The summed E-state index contributed by atoms with van der Waals surface area (Å²) in [5, 5.41) is 51.5. The zero-order valence-electron chi connectivity index (χ0n) is 34.4. The molecule has 0 unspecified atom stereocenters. The predicted molar refractivity (Wildman–Crippen MR) is 258 cm³/mol. The highest BCUT2D eigenvalue weighted by Crippen LogP contribution is 2.46. The van der Waals surface area contributed by atoms with E-state index in [1.807, 2.05) is 48.5 Å². The van der Waals surface area contributed by atoms with Gasteiger partial charge in [0.1, 0.15) is 11.4 Å². The van der Waals surface area contributed by atoms with Gasteiger partial charge in [-0.25, -0.2) is 0 Å². The standard InChI is InChI=1S/C53H32ClN7O5/c54-42-15-7-9-17-44(42)57-53(66)40-24-28-10-4-5-13-33(28)47(50(40)63)60-58-31-19-22-34-35-23-20-32(27-39(35)49(62)38(34)26-31)59-61-48-45-29(18-21-37-36-14-6-8-16-43(36)56-46(37)45)25-41(51(48)64)52(65)55-30-11-2-1-3-12-30/h1-27,56,63-64H,(H,55,65)(H,57,66). The Bertz CT molecular complexity index is 3770. The molecule has 1 aliphatic carbocycles. The Kier molecular flexibility index (Phi) is 9.63. The second-order valence-electron chi connectivity index (χ2n) is 15.7. The molecular weight excluding hydrogens is 850 g/mol. The summed E-state index contributed by atoms with van der Waals surface area (Å²) in [6.07, 6.45) is 0. The molecule has 316 valence electrons. The number of anilines is 2. The van der Waals surface area contributed by atoms with Crippen molar-refractivity contribution in [1.29, 1.82) is 0 Å². The van der Waals surface area contributed by atoms with Crippen molar-refractivity contribution in [1.82, 2.24) is 4.98 Å². The Morgan fingerprint density at radius 2 is 1.11 bits per heavy atom. The van der Waals surface area contributed by atoms with Gasteiger partial charge in [-0.2, -0.15) is 10.2 Å². The summed E-state index contributed by atoms with van der Waals surface area (Å²) in [4.78, 5) is 44.6. The number of ketones is 1. The second kappa shape index (κ2) is 16.0. The molecule has 0 atom stereocenters. The van der Waals surface area contributed by atoms with Gasteiger partial charge in [0.25, 0.3) is 11.8 Å². The molecule has 0 aliphatic heterocycles. The Labute approximate surface area is 379 Å². The topological polar surface area (TPSA) is 181 Å². The third-order valence-electron chi connectivity index (χ3n) is 11.7. The van der Waals surface area contributed by atoms with Crippen LogP contribution in [-0.2, 0) is 0 Å². The molecule has 1 heterocycles. The van der Waals surface area contributed by atoms with Gasteiger partial charge in [0, 0.05) is 43.9 Å². The maximum atomic E-state index is 14.1. The van der Waals surface area contributed by atoms with Crippen LogP contribution >= 0.6 is 11.6 Å². The molecule has 0 saturated carbocycles. The molecule has 10 aromatic rings. The maximum Gasteiger partial charge on any atom is 0.259 e. The Hall–Kier alpha value is -9.00. The number of hydrogen-bond donors (Lipinski definition) is 5. The first kappa shape index (κ1) is 39.8. The van der Waals surface area contributed by atoms with Gasteiger partial charge in [0.05, 0.1) is 38.7 Å². The van der Waals surface area contributed by atoms with Gasteiger partial charge >= 0.3 is 0 Å². The molecule has 0 spiro atoms. The van der Waals surface area contributed by atoms with Crippen LogP contribution in [0.5, 0.6) is 11.5 Å². The number of fused-ring (bicyclic) bond motifs is 9. The number of nitrogens with one attached hydrogen (secondary N) is 3. The Morgan fingerprint density at radius 3 is 1.83 bits per heavy atom. The third-order valence-corrected chi connectivity index (χ3v) is 12.0. The average Bonchev–Trinajstić information content (AvgIpc) is 3.85. The molecule has 0 fully saturated rings. The predicted octanol–water partition coefficient (Wildman–Crippen LogP) is 14.2. The van der Waals surface area contributed by atoms with Crippen molar-refractivity contribution >= 4 is 107 Å². The van der Waals surface area contributed by atoms with Crippen molar-refractivity contribution in [3.8, 4) is 22.6 Å². The smallest absolute Gasteiger partial charge is 0.259 e. The van der Waals surface area contributed by atoms with Crippen molar-refractivity contribution in [2.24, 2.45) is 20.5 Å². The monoisotopic (exact) mass is 881 g/mol. The summed E-state index contributed by atoms with van der Waals surface area (Å²) in [6.45, 7) is 0. The summed E-state index contributed by atoms with van der Waals surface area (Å²) >= 11 is 6.28. The number of nitrogens with zero attached hydrogens (tertiary/aromatic N) is 4. The molecular formula is C53H32ClN7O5. The molecule has 0 radical (unpaired) electrons. The van der Waals surface area contributed by atoms with E-state index < -0.39 is 11.8 Å². The molecule has 9 aromatic carbocycles. The number of halogens is 1. The third kappa shape index (κ3) is 6.85. The molecule has 5 N–H and O–H groups in total. The highest BCUT2D eigenvalue weighted by Gasteiger charge is 2.28. The SMILES string of the molecule is O=C1c2cc(N=Nc3c(O)c(C(=O)Nc4ccccc4Cl)cc4ccccc34)ccc2-c2ccc(N=Nc3c(O)c(C(=O)Nc4ccccc4)cc4ccc5c6ccccc6[nH]c5c34)cc21. The number of hydrogen-bond acceptors (Lipinski definition) is 9. The molecule has 12 nitrogen and oxygen atoms in total. The van der Waals surface area contributed by atoms with E-state index in [4.69, 9.17) is 11.6 Å². The van der Waals surface area contributed by atoms with Gasteiger partial charge in [0.2, 0.25) is 0 Å². The first-order chi connectivity index (χ1) is 32.2. The van der Waals surface area contributed by atoms with Crippen molar-refractivity contribution < 1.29 is 24.6 Å². The van der Waals surface area contributed by atoms with Gasteiger partial charge in [-0.05, 0) is 88.6 Å². The molecule has 1 aromatic heterocycles. The highest BCUT2D eigenvalue weighted by molar-refractivity contribution is 6.34. The lowest BCUT2D eigenvalue weighted by Gasteiger charge is -2.12. The van der Waals surface area contributed by atoms with Crippen LogP contribution in [-0.4, -0.2) is 32.8 Å². The van der Waals surface area contributed by atoms with E-state index in [1.54, 1.807) is 115 Å². The Morgan fingerprint density at radius 1 is 0.515 bits per heavy atom. The summed E-state index contributed by atoms with van der Waals surface area (Å²) < 4.78 is 0. The first-order valence-corrected chi connectivity index (χ1v) is 21.1. The summed E-state index contributed by atoms with van der Waals surface area (Å²) in [5.41, 5.74) is 5.53.